The van der Waals surface area contributed by atoms with Crippen LogP contribution in [0.4, 0.5) is 0 Å². The van der Waals surface area contributed by atoms with Crippen molar-refractivity contribution in [1.29, 1.82) is 0 Å². The molecule has 1 N–H and O–H groups in total. The van der Waals surface area contributed by atoms with Crippen molar-refractivity contribution in [1.82, 2.24) is 5.32 Å². The SMILES string of the molecule is CC(C)(C)CCOC1CCNC1=O. The number of carbonyl (C=O) groups excluding carboxylic acids is 1. The Balaban J connectivity index is 2.16. The van der Waals surface area contributed by atoms with Crippen molar-refractivity contribution < 1.29 is 9.53 Å². The van der Waals surface area contributed by atoms with Gasteiger partial charge in [0.25, 0.3) is 0 Å². The van der Waals surface area contributed by atoms with Crippen LogP contribution in [-0.4, -0.2) is 25.2 Å². The van der Waals surface area contributed by atoms with Crippen molar-refractivity contribution in [2.24, 2.45) is 5.41 Å². The molecule has 0 bridgehead atoms. The first-order chi connectivity index (χ1) is 5.99. The number of hydrogen-bond acceptors (Lipinski definition) is 2. The number of ether oxygens (including phenoxy) is 1. The number of rotatable bonds is 3. The predicted octanol–water partition coefficient (Wildman–Crippen LogP) is 1.33. The minimum atomic E-state index is -0.192. The fourth-order valence-electron chi connectivity index (χ4n) is 1.24. The van der Waals surface area contributed by atoms with Crippen LogP contribution in [0.2, 0.25) is 0 Å². The van der Waals surface area contributed by atoms with Gasteiger partial charge in [-0.15, -0.1) is 0 Å². The Morgan fingerprint density at radius 3 is 2.69 bits per heavy atom. The van der Waals surface area contributed by atoms with E-state index in [0.717, 1.165) is 19.4 Å². The maximum absolute atomic E-state index is 11.1. The van der Waals surface area contributed by atoms with Gasteiger partial charge in [0.2, 0.25) is 5.91 Å². The van der Waals surface area contributed by atoms with E-state index in [-0.39, 0.29) is 17.4 Å². The smallest absolute Gasteiger partial charge is 0.249 e. The standard InChI is InChI=1S/C10H19NO2/c1-10(2,3)5-7-13-8-4-6-11-9(8)12/h8H,4-7H2,1-3H3,(H,11,12). The lowest BCUT2D eigenvalue weighted by Crippen LogP contribution is -2.26. The molecule has 1 rings (SSSR count). The highest BCUT2D eigenvalue weighted by Gasteiger charge is 2.24. The van der Waals surface area contributed by atoms with E-state index in [1.165, 1.54) is 0 Å². The first kappa shape index (κ1) is 10.5. The lowest BCUT2D eigenvalue weighted by atomic mass is 9.93. The zero-order valence-electron chi connectivity index (χ0n) is 8.72. The molecule has 0 radical (unpaired) electrons. The molecule has 0 aromatic heterocycles. The van der Waals surface area contributed by atoms with Crippen LogP contribution >= 0.6 is 0 Å². The molecule has 1 heterocycles. The van der Waals surface area contributed by atoms with Crippen LogP contribution in [-0.2, 0) is 9.53 Å². The van der Waals surface area contributed by atoms with Crippen molar-refractivity contribution in [2.75, 3.05) is 13.2 Å². The Labute approximate surface area is 79.8 Å². The molecule has 1 fully saturated rings. The monoisotopic (exact) mass is 185 g/mol. The first-order valence-corrected chi connectivity index (χ1v) is 4.88. The summed E-state index contributed by atoms with van der Waals surface area (Å²) >= 11 is 0. The lowest BCUT2D eigenvalue weighted by Gasteiger charge is -2.18. The molecule has 3 nitrogen and oxygen atoms in total. The van der Waals surface area contributed by atoms with Crippen molar-refractivity contribution in [2.45, 2.75) is 39.7 Å². The van der Waals surface area contributed by atoms with Gasteiger partial charge in [-0.25, -0.2) is 0 Å². The Morgan fingerprint density at radius 1 is 1.54 bits per heavy atom. The number of nitrogens with one attached hydrogen (secondary N) is 1. The summed E-state index contributed by atoms with van der Waals surface area (Å²) in [4.78, 5) is 11.1. The van der Waals surface area contributed by atoms with Gasteiger partial charge in [0.1, 0.15) is 6.10 Å². The van der Waals surface area contributed by atoms with Gasteiger partial charge in [-0.1, -0.05) is 20.8 Å². The molecule has 1 atom stereocenters. The Morgan fingerprint density at radius 2 is 2.23 bits per heavy atom. The van der Waals surface area contributed by atoms with E-state index in [1.54, 1.807) is 0 Å². The maximum atomic E-state index is 11.1. The van der Waals surface area contributed by atoms with Gasteiger partial charge in [-0.3, -0.25) is 4.79 Å². The zero-order valence-corrected chi connectivity index (χ0v) is 8.72. The highest BCUT2D eigenvalue weighted by molar-refractivity contribution is 5.82. The fourth-order valence-corrected chi connectivity index (χ4v) is 1.24. The molecule has 1 unspecified atom stereocenters. The molecule has 1 amide bonds. The van der Waals surface area contributed by atoms with E-state index in [1.807, 2.05) is 0 Å². The Kier molecular flexibility index (Phi) is 3.31. The van der Waals surface area contributed by atoms with Crippen LogP contribution in [0.3, 0.4) is 0 Å². The van der Waals surface area contributed by atoms with Gasteiger partial charge in [0.05, 0.1) is 0 Å². The van der Waals surface area contributed by atoms with Crippen LogP contribution in [0.5, 0.6) is 0 Å². The number of carbonyl (C=O) groups is 1. The second-order valence-corrected chi connectivity index (χ2v) is 4.75. The zero-order chi connectivity index (χ0) is 9.90. The highest BCUT2D eigenvalue weighted by atomic mass is 16.5. The molecule has 1 saturated heterocycles. The molecule has 1 aliphatic rings. The molecule has 0 aromatic carbocycles. The van der Waals surface area contributed by atoms with E-state index >= 15 is 0 Å². The maximum Gasteiger partial charge on any atom is 0.249 e. The van der Waals surface area contributed by atoms with Crippen LogP contribution in [0.25, 0.3) is 0 Å². The predicted molar refractivity (Wildman–Crippen MR) is 51.4 cm³/mol. The Hall–Kier alpha value is -0.570. The summed E-state index contributed by atoms with van der Waals surface area (Å²) in [7, 11) is 0. The van der Waals surface area contributed by atoms with E-state index in [2.05, 4.69) is 26.1 Å². The second kappa shape index (κ2) is 4.09. The summed E-state index contributed by atoms with van der Waals surface area (Å²) in [6, 6.07) is 0. The van der Waals surface area contributed by atoms with Gasteiger partial charge in [-0.05, 0) is 18.3 Å². The average Bonchev–Trinajstić information content (AvgIpc) is 2.34. The van der Waals surface area contributed by atoms with E-state index in [9.17, 15) is 4.79 Å². The van der Waals surface area contributed by atoms with Gasteiger partial charge in [0, 0.05) is 13.2 Å². The van der Waals surface area contributed by atoms with Crippen LogP contribution in [0.15, 0.2) is 0 Å². The number of hydrogen-bond donors (Lipinski definition) is 1. The average molecular weight is 185 g/mol. The highest BCUT2D eigenvalue weighted by Crippen LogP contribution is 2.19. The van der Waals surface area contributed by atoms with E-state index < -0.39 is 0 Å². The Bertz CT molecular complexity index is 184. The molecule has 0 aliphatic carbocycles. The van der Waals surface area contributed by atoms with E-state index in [4.69, 9.17) is 4.74 Å². The summed E-state index contributed by atoms with van der Waals surface area (Å²) in [6.45, 7) is 7.96. The summed E-state index contributed by atoms with van der Waals surface area (Å²) in [6.07, 6.45) is 1.63. The van der Waals surface area contributed by atoms with Crippen molar-refractivity contribution in [3.63, 3.8) is 0 Å². The molecule has 76 valence electrons. The van der Waals surface area contributed by atoms with Gasteiger partial charge >= 0.3 is 0 Å². The molecule has 1 aliphatic heterocycles. The fraction of sp³-hybridized carbons (Fsp3) is 0.900. The third-order valence-corrected chi connectivity index (χ3v) is 2.17. The van der Waals surface area contributed by atoms with Gasteiger partial charge in [0.15, 0.2) is 0 Å². The molecule has 3 heteroatoms. The molecule has 0 saturated carbocycles. The topological polar surface area (TPSA) is 38.3 Å². The first-order valence-electron chi connectivity index (χ1n) is 4.88. The second-order valence-electron chi connectivity index (χ2n) is 4.75. The lowest BCUT2D eigenvalue weighted by molar-refractivity contribution is -0.129. The van der Waals surface area contributed by atoms with E-state index in [0.29, 0.717) is 6.61 Å². The van der Waals surface area contributed by atoms with Crippen LogP contribution in [0.1, 0.15) is 33.6 Å². The van der Waals surface area contributed by atoms with Crippen LogP contribution in [0, 0.1) is 5.41 Å². The summed E-state index contributed by atoms with van der Waals surface area (Å²) < 4.78 is 5.48. The van der Waals surface area contributed by atoms with Gasteiger partial charge in [-0.2, -0.15) is 0 Å². The third-order valence-electron chi connectivity index (χ3n) is 2.17. The minimum absolute atomic E-state index is 0.0499. The quantitative estimate of drug-likeness (QED) is 0.720. The largest absolute Gasteiger partial charge is 0.368 e. The van der Waals surface area contributed by atoms with Crippen LogP contribution < -0.4 is 5.32 Å². The van der Waals surface area contributed by atoms with Crippen molar-refractivity contribution in [3.05, 3.63) is 0 Å². The normalized spacial score (nSPS) is 23.3. The van der Waals surface area contributed by atoms with Crippen molar-refractivity contribution in [3.8, 4) is 0 Å². The number of amides is 1. The summed E-state index contributed by atoms with van der Waals surface area (Å²) in [5.41, 5.74) is 0.287. The molecular weight excluding hydrogens is 166 g/mol. The minimum Gasteiger partial charge on any atom is -0.368 e. The molecule has 0 aromatic rings. The third kappa shape index (κ3) is 3.77. The van der Waals surface area contributed by atoms with Crippen molar-refractivity contribution >= 4 is 5.91 Å². The molecule has 0 spiro atoms. The molecule has 13 heavy (non-hydrogen) atoms. The molecular formula is C10H19NO2. The van der Waals surface area contributed by atoms with Gasteiger partial charge < -0.3 is 10.1 Å². The summed E-state index contributed by atoms with van der Waals surface area (Å²) in [5.74, 6) is 0.0499. The summed E-state index contributed by atoms with van der Waals surface area (Å²) in [5, 5.41) is 2.75.